The van der Waals surface area contributed by atoms with Gasteiger partial charge in [-0.25, -0.2) is 4.98 Å². The number of rotatable bonds is 3. The SMILES string of the molecule is CC(C)N(CC(F)(F)F)c1nc(Br)cs1. The van der Waals surface area contributed by atoms with Gasteiger partial charge in [-0.2, -0.15) is 13.2 Å². The molecule has 1 heterocycles. The minimum absolute atomic E-state index is 0.232. The van der Waals surface area contributed by atoms with E-state index in [1.807, 2.05) is 0 Å². The Morgan fingerprint density at radius 1 is 1.53 bits per heavy atom. The maximum Gasteiger partial charge on any atom is 0.406 e. The van der Waals surface area contributed by atoms with Crippen molar-refractivity contribution in [3.8, 4) is 0 Å². The maximum absolute atomic E-state index is 12.3. The summed E-state index contributed by atoms with van der Waals surface area (Å²) in [4.78, 5) is 5.21. The molecule has 7 heteroatoms. The predicted octanol–water partition coefficient (Wildman–Crippen LogP) is 3.68. The van der Waals surface area contributed by atoms with Crippen LogP contribution in [0.3, 0.4) is 0 Å². The van der Waals surface area contributed by atoms with Crippen LogP contribution in [0.1, 0.15) is 13.8 Å². The number of halogens is 4. The lowest BCUT2D eigenvalue weighted by atomic mass is 10.3. The first kappa shape index (κ1) is 12.8. The Hall–Kier alpha value is -0.300. The fourth-order valence-electron chi connectivity index (χ4n) is 1.04. The van der Waals surface area contributed by atoms with Crippen molar-refractivity contribution in [2.24, 2.45) is 0 Å². The second kappa shape index (κ2) is 4.69. The third kappa shape index (κ3) is 3.98. The molecule has 15 heavy (non-hydrogen) atoms. The molecule has 0 saturated carbocycles. The standard InChI is InChI=1S/C8H10BrF3N2S/c1-5(2)14(4-8(10,11)12)7-13-6(9)3-15-7/h3,5H,4H2,1-2H3. The van der Waals surface area contributed by atoms with Gasteiger partial charge in [-0.15, -0.1) is 11.3 Å². The number of hydrogen-bond acceptors (Lipinski definition) is 3. The van der Waals surface area contributed by atoms with E-state index < -0.39 is 12.7 Å². The van der Waals surface area contributed by atoms with Crippen LogP contribution in [0.15, 0.2) is 9.98 Å². The molecular weight excluding hydrogens is 293 g/mol. The Bertz CT molecular complexity index is 324. The molecule has 0 aliphatic heterocycles. The second-order valence-corrected chi connectivity index (χ2v) is 4.94. The molecule has 0 N–H and O–H groups in total. The molecular formula is C8H10BrF3N2S. The fraction of sp³-hybridized carbons (Fsp3) is 0.625. The molecule has 86 valence electrons. The molecule has 1 aromatic heterocycles. The van der Waals surface area contributed by atoms with Gasteiger partial charge in [0.2, 0.25) is 0 Å². The molecule has 0 aliphatic rings. The summed E-state index contributed by atoms with van der Waals surface area (Å²) < 4.78 is 37.4. The van der Waals surface area contributed by atoms with Crippen molar-refractivity contribution >= 4 is 32.4 Å². The van der Waals surface area contributed by atoms with Crippen molar-refractivity contribution < 1.29 is 13.2 Å². The largest absolute Gasteiger partial charge is 0.406 e. The van der Waals surface area contributed by atoms with Gasteiger partial charge in [0.15, 0.2) is 5.13 Å². The molecule has 2 nitrogen and oxygen atoms in total. The lowest BCUT2D eigenvalue weighted by Gasteiger charge is -2.26. The fourth-order valence-corrected chi connectivity index (χ4v) is 2.42. The highest BCUT2D eigenvalue weighted by Gasteiger charge is 2.33. The van der Waals surface area contributed by atoms with Crippen molar-refractivity contribution in [2.75, 3.05) is 11.4 Å². The summed E-state index contributed by atoms with van der Waals surface area (Å²) in [6.45, 7) is 2.45. The van der Waals surface area contributed by atoms with Crippen LogP contribution in [-0.4, -0.2) is 23.7 Å². The molecule has 0 saturated heterocycles. The Balaban J connectivity index is 2.84. The summed E-state index contributed by atoms with van der Waals surface area (Å²) in [5.74, 6) is 0. The summed E-state index contributed by atoms with van der Waals surface area (Å²) in [5, 5.41) is 2.05. The van der Waals surface area contributed by atoms with Gasteiger partial charge in [0, 0.05) is 11.4 Å². The smallest absolute Gasteiger partial charge is 0.337 e. The first-order valence-electron chi connectivity index (χ1n) is 4.24. The van der Waals surface area contributed by atoms with Crippen LogP contribution in [0.25, 0.3) is 0 Å². The highest BCUT2D eigenvalue weighted by molar-refractivity contribution is 9.10. The van der Waals surface area contributed by atoms with E-state index >= 15 is 0 Å². The Kier molecular flexibility index (Phi) is 3.99. The van der Waals surface area contributed by atoms with Crippen LogP contribution in [0.4, 0.5) is 18.3 Å². The second-order valence-electron chi connectivity index (χ2n) is 3.29. The normalized spacial score (nSPS) is 12.2. The quantitative estimate of drug-likeness (QED) is 0.847. The monoisotopic (exact) mass is 302 g/mol. The highest BCUT2D eigenvalue weighted by atomic mass is 79.9. The van der Waals surface area contributed by atoms with Gasteiger partial charge in [0.25, 0.3) is 0 Å². The van der Waals surface area contributed by atoms with E-state index in [-0.39, 0.29) is 6.04 Å². The van der Waals surface area contributed by atoms with Crippen molar-refractivity contribution in [3.05, 3.63) is 9.98 Å². The molecule has 0 unspecified atom stereocenters. The van der Waals surface area contributed by atoms with Crippen LogP contribution in [0.2, 0.25) is 0 Å². The molecule has 0 spiro atoms. The number of aromatic nitrogens is 1. The summed E-state index contributed by atoms with van der Waals surface area (Å²) in [6, 6.07) is -0.232. The zero-order valence-electron chi connectivity index (χ0n) is 8.18. The third-order valence-corrected chi connectivity index (χ3v) is 3.27. The Labute approximate surface area is 98.2 Å². The van der Waals surface area contributed by atoms with Gasteiger partial charge in [0.05, 0.1) is 0 Å². The zero-order chi connectivity index (χ0) is 11.6. The molecule has 1 rings (SSSR count). The summed E-state index contributed by atoms with van der Waals surface area (Å²) >= 11 is 4.32. The van der Waals surface area contributed by atoms with Crippen molar-refractivity contribution in [2.45, 2.75) is 26.1 Å². The van der Waals surface area contributed by atoms with Gasteiger partial charge in [-0.1, -0.05) is 0 Å². The van der Waals surface area contributed by atoms with E-state index in [9.17, 15) is 13.2 Å². The highest BCUT2D eigenvalue weighted by Crippen LogP contribution is 2.28. The van der Waals surface area contributed by atoms with Crippen LogP contribution in [-0.2, 0) is 0 Å². The summed E-state index contributed by atoms with van der Waals surface area (Å²) in [5.41, 5.74) is 0. The molecule has 1 aromatic rings. The summed E-state index contributed by atoms with van der Waals surface area (Å²) in [7, 11) is 0. The molecule has 0 amide bonds. The van der Waals surface area contributed by atoms with Gasteiger partial charge in [0.1, 0.15) is 11.1 Å². The van der Waals surface area contributed by atoms with Crippen LogP contribution in [0.5, 0.6) is 0 Å². The van der Waals surface area contributed by atoms with E-state index in [1.54, 1.807) is 19.2 Å². The zero-order valence-corrected chi connectivity index (χ0v) is 10.6. The lowest BCUT2D eigenvalue weighted by Crippen LogP contribution is -2.39. The van der Waals surface area contributed by atoms with E-state index in [1.165, 1.54) is 16.2 Å². The van der Waals surface area contributed by atoms with Gasteiger partial charge >= 0.3 is 6.18 Å². The van der Waals surface area contributed by atoms with Gasteiger partial charge in [-0.05, 0) is 29.8 Å². The predicted molar refractivity (Wildman–Crippen MR) is 58.4 cm³/mol. The summed E-state index contributed by atoms with van der Waals surface area (Å²) in [6.07, 6.45) is -4.21. The van der Waals surface area contributed by atoms with Crippen molar-refractivity contribution in [1.29, 1.82) is 0 Å². The molecule has 0 radical (unpaired) electrons. The molecule has 0 bridgehead atoms. The molecule has 0 aliphatic carbocycles. The number of nitrogens with zero attached hydrogens (tertiary/aromatic N) is 2. The molecule has 0 fully saturated rings. The van der Waals surface area contributed by atoms with Gasteiger partial charge < -0.3 is 4.90 Å². The Morgan fingerprint density at radius 3 is 2.47 bits per heavy atom. The minimum atomic E-state index is -4.21. The third-order valence-electron chi connectivity index (χ3n) is 1.68. The lowest BCUT2D eigenvalue weighted by molar-refractivity contribution is -0.120. The minimum Gasteiger partial charge on any atom is -0.337 e. The number of hydrogen-bond donors (Lipinski definition) is 0. The average Bonchev–Trinajstić information content (AvgIpc) is 2.45. The number of anilines is 1. The van der Waals surface area contributed by atoms with Crippen LogP contribution in [0, 0.1) is 0 Å². The maximum atomic E-state index is 12.3. The van der Waals surface area contributed by atoms with E-state index in [0.717, 1.165) is 0 Å². The average molecular weight is 303 g/mol. The van der Waals surface area contributed by atoms with E-state index in [0.29, 0.717) is 9.73 Å². The van der Waals surface area contributed by atoms with E-state index in [2.05, 4.69) is 20.9 Å². The van der Waals surface area contributed by atoms with E-state index in [4.69, 9.17) is 0 Å². The first-order chi connectivity index (χ1) is 6.79. The van der Waals surface area contributed by atoms with Gasteiger partial charge in [-0.3, -0.25) is 0 Å². The number of alkyl halides is 3. The molecule has 0 atom stereocenters. The first-order valence-corrected chi connectivity index (χ1v) is 5.91. The van der Waals surface area contributed by atoms with Crippen molar-refractivity contribution in [3.63, 3.8) is 0 Å². The Morgan fingerprint density at radius 2 is 2.13 bits per heavy atom. The molecule has 0 aromatic carbocycles. The van der Waals surface area contributed by atoms with Crippen molar-refractivity contribution in [1.82, 2.24) is 4.98 Å². The number of thiazole rings is 1. The topological polar surface area (TPSA) is 16.1 Å². The van der Waals surface area contributed by atoms with Crippen LogP contribution >= 0.6 is 27.3 Å². The van der Waals surface area contributed by atoms with Crippen LogP contribution < -0.4 is 4.90 Å².